The van der Waals surface area contributed by atoms with Crippen LogP contribution in [-0.2, 0) is 15.3 Å². The van der Waals surface area contributed by atoms with Crippen LogP contribution >= 0.6 is 0 Å². The second kappa shape index (κ2) is 5.53. The standard InChI is InChI=1S/C25H18O2/c1-2-8-17(9-3-1)23-19-11-5-4-10-18(19)16-21-20-12-6-7-13-22(20)25(24(21)23)26-14-15-27-25/h1-13,16H,14-15H2. The lowest BCUT2D eigenvalue weighted by Crippen LogP contribution is -2.26. The second-order valence-electron chi connectivity index (χ2n) is 7.12. The van der Waals surface area contributed by atoms with Crippen LogP contribution in [-0.4, -0.2) is 13.2 Å². The van der Waals surface area contributed by atoms with Crippen LogP contribution in [0.3, 0.4) is 0 Å². The van der Waals surface area contributed by atoms with Crippen LogP contribution in [0.25, 0.3) is 33.0 Å². The van der Waals surface area contributed by atoms with E-state index in [0.29, 0.717) is 13.2 Å². The highest BCUT2D eigenvalue weighted by molar-refractivity contribution is 6.05. The van der Waals surface area contributed by atoms with Gasteiger partial charge in [-0.3, -0.25) is 0 Å². The maximum atomic E-state index is 6.34. The average molecular weight is 350 g/mol. The molecule has 27 heavy (non-hydrogen) atoms. The Morgan fingerprint density at radius 3 is 2.22 bits per heavy atom. The fourth-order valence-corrected chi connectivity index (χ4v) is 4.66. The highest BCUT2D eigenvalue weighted by atomic mass is 16.7. The van der Waals surface area contributed by atoms with Crippen LogP contribution in [0.5, 0.6) is 0 Å². The lowest BCUT2D eigenvalue weighted by Gasteiger charge is -2.27. The Balaban J connectivity index is 1.82. The van der Waals surface area contributed by atoms with E-state index in [1.54, 1.807) is 0 Å². The van der Waals surface area contributed by atoms with Crippen LogP contribution in [0.15, 0.2) is 84.9 Å². The zero-order valence-electron chi connectivity index (χ0n) is 14.8. The molecule has 1 aliphatic carbocycles. The number of benzene rings is 4. The van der Waals surface area contributed by atoms with Gasteiger partial charge in [-0.25, -0.2) is 0 Å². The summed E-state index contributed by atoms with van der Waals surface area (Å²) in [7, 11) is 0. The first-order chi connectivity index (χ1) is 13.4. The largest absolute Gasteiger partial charge is 0.340 e. The summed E-state index contributed by atoms with van der Waals surface area (Å²) in [5.74, 6) is -0.804. The summed E-state index contributed by atoms with van der Waals surface area (Å²) in [6, 6.07) is 29.9. The Morgan fingerprint density at radius 1 is 0.667 bits per heavy atom. The first-order valence-electron chi connectivity index (χ1n) is 9.38. The maximum Gasteiger partial charge on any atom is 0.224 e. The minimum Gasteiger partial charge on any atom is -0.340 e. The van der Waals surface area contributed by atoms with E-state index in [9.17, 15) is 0 Å². The van der Waals surface area contributed by atoms with E-state index in [0.717, 1.165) is 11.1 Å². The molecule has 2 nitrogen and oxygen atoms in total. The molecular formula is C25H18O2. The fourth-order valence-electron chi connectivity index (χ4n) is 4.66. The summed E-state index contributed by atoms with van der Waals surface area (Å²) in [5.41, 5.74) is 7.08. The van der Waals surface area contributed by atoms with Crippen molar-refractivity contribution in [2.45, 2.75) is 5.79 Å². The third-order valence-electron chi connectivity index (χ3n) is 5.71. The Labute approximate surface area is 158 Å². The van der Waals surface area contributed by atoms with Crippen LogP contribution in [0, 0.1) is 0 Å². The van der Waals surface area contributed by atoms with Crippen molar-refractivity contribution in [2.75, 3.05) is 13.2 Å². The van der Waals surface area contributed by atoms with E-state index in [4.69, 9.17) is 9.47 Å². The first kappa shape index (κ1) is 15.2. The van der Waals surface area contributed by atoms with E-state index in [-0.39, 0.29) is 0 Å². The molecule has 2 aliphatic rings. The Kier molecular flexibility index (Phi) is 3.10. The van der Waals surface area contributed by atoms with Crippen molar-refractivity contribution in [1.82, 2.24) is 0 Å². The second-order valence-corrected chi connectivity index (χ2v) is 7.12. The van der Waals surface area contributed by atoms with Gasteiger partial charge in [-0.05, 0) is 39.1 Å². The third-order valence-corrected chi connectivity index (χ3v) is 5.71. The zero-order valence-corrected chi connectivity index (χ0v) is 14.8. The van der Waals surface area contributed by atoms with Gasteiger partial charge in [-0.15, -0.1) is 0 Å². The minimum atomic E-state index is -0.804. The number of fused-ring (bicyclic) bond motifs is 6. The molecule has 0 aromatic heterocycles. The quantitative estimate of drug-likeness (QED) is 0.436. The highest BCUT2D eigenvalue weighted by Crippen LogP contribution is 2.56. The third kappa shape index (κ3) is 1.97. The number of rotatable bonds is 1. The topological polar surface area (TPSA) is 18.5 Å². The molecule has 0 unspecified atom stereocenters. The van der Waals surface area contributed by atoms with Gasteiger partial charge in [-0.2, -0.15) is 0 Å². The molecule has 6 rings (SSSR count). The van der Waals surface area contributed by atoms with Crippen molar-refractivity contribution < 1.29 is 9.47 Å². The van der Waals surface area contributed by atoms with Crippen LogP contribution < -0.4 is 0 Å². The molecule has 1 saturated heterocycles. The van der Waals surface area contributed by atoms with Gasteiger partial charge in [0, 0.05) is 11.1 Å². The lowest BCUT2D eigenvalue weighted by atomic mass is 9.88. The van der Waals surface area contributed by atoms with Crippen molar-refractivity contribution in [3.8, 4) is 22.3 Å². The van der Waals surface area contributed by atoms with E-state index >= 15 is 0 Å². The predicted molar refractivity (Wildman–Crippen MR) is 108 cm³/mol. The summed E-state index contributed by atoms with van der Waals surface area (Å²) >= 11 is 0. The van der Waals surface area contributed by atoms with E-state index in [1.165, 1.54) is 33.0 Å². The molecule has 4 aromatic rings. The summed E-state index contributed by atoms with van der Waals surface area (Å²) in [5, 5.41) is 2.47. The van der Waals surface area contributed by atoms with Crippen LogP contribution in [0.2, 0.25) is 0 Å². The zero-order chi connectivity index (χ0) is 17.8. The molecule has 0 amide bonds. The summed E-state index contributed by atoms with van der Waals surface area (Å²) < 4.78 is 12.7. The van der Waals surface area contributed by atoms with Gasteiger partial charge in [-0.1, -0.05) is 78.9 Å². The molecule has 1 spiro atoms. The van der Waals surface area contributed by atoms with Gasteiger partial charge in [0.2, 0.25) is 5.79 Å². The molecule has 1 heterocycles. The highest BCUT2D eigenvalue weighted by Gasteiger charge is 2.50. The van der Waals surface area contributed by atoms with Crippen molar-refractivity contribution in [2.24, 2.45) is 0 Å². The monoisotopic (exact) mass is 350 g/mol. The fraction of sp³-hybridized carbons (Fsp3) is 0.120. The molecule has 0 radical (unpaired) electrons. The average Bonchev–Trinajstić information content (AvgIpc) is 3.33. The smallest absolute Gasteiger partial charge is 0.224 e. The lowest BCUT2D eigenvalue weighted by molar-refractivity contribution is -0.125. The molecule has 0 N–H and O–H groups in total. The van der Waals surface area contributed by atoms with Crippen molar-refractivity contribution in [3.63, 3.8) is 0 Å². The van der Waals surface area contributed by atoms with Crippen molar-refractivity contribution >= 4 is 10.8 Å². The molecule has 2 heteroatoms. The van der Waals surface area contributed by atoms with Crippen LogP contribution in [0.4, 0.5) is 0 Å². The molecule has 0 saturated carbocycles. The van der Waals surface area contributed by atoms with Gasteiger partial charge in [0.1, 0.15) is 0 Å². The van der Waals surface area contributed by atoms with Gasteiger partial charge in [0.05, 0.1) is 13.2 Å². The first-order valence-corrected chi connectivity index (χ1v) is 9.38. The molecule has 130 valence electrons. The minimum absolute atomic E-state index is 0.606. The molecule has 0 bridgehead atoms. The molecular weight excluding hydrogens is 332 g/mol. The van der Waals surface area contributed by atoms with Gasteiger partial charge in [0.25, 0.3) is 0 Å². The Hall–Kier alpha value is -2.94. The SMILES string of the molecule is c1ccc(-c2c3c(cc4ccccc24)-c2ccccc2C32OCCO2)cc1. The van der Waals surface area contributed by atoms with Gasteiger partial charge >= 0.3 is 0 Å². The summed E-state index contributed by atoms with van der Waals surface area (Å²) in [6.07, 6.45) is 0. The van der Waals surface area contributed by atoms with Crippen molar-refractivity contribution in [3.05, 3.63) is 96.1 Å². The van der Waals surface area contributed by atoms with Crippen LogP contribution in [0.1, 0.15) is 11.1 Å². The summed E-state index contributed by atoms with van der Waals surface area (Å²) in [4.78, 5) is 0. The number of ether oxygens (including phenoxy) is 2. The van der Waals surface area contributed by atoms with E-state index in [2.05, 4.69) is 84.9 Å². The predicted octanol–water partition coefficient (Wildman–Crippen LogP) is 5.74. The molecule has 1 aliphatic heterocycles. The van der Waals surface area contributed by atoms with Crippen molar-refractivity contribution in [1.29, 1.82) is 0 Å². The summed E-state index contributed by atoms with van der Waals surface area (Å²) in [6.45, 7) is 1.21. The number of hydrogen-bond donors (Lipinski definition) is 0. The molecule has 1 fully saturated rings. The molecule has 4 aromatic carbocycles. The number of hydrogen-bond acceptors (Lipinski definition) is 2. The normalized spacial score (nSPS) is 16.6. The van der Waals surface area contributed by atoms with Gasteiger partial charge < -0.3 is 9.47 Å². The Bertz CT molecular complexity index is 1170. The van der Waals surface area contributed by atoms with Gasteiger partial charge in [0.15, 0.2) is 0 Å². The molecule has 0 atom stereocenters. The Morgan fingerprint density at radius 2 is 1.37 bits per heavy atom. The maximum absolute atomic E-state index is 6.34. The van der Waals surface area contributed by atoms with E-state index < -0.39 is 5.79 Å². The van der Waals surface area contributed by atoms with E-state index in [1.807, 2.05) is 0 Å².